The number of fused-ring (bicyclic) bond motifs is 1. The van der Waals surface area contributed by atoms with Crippen LogP contribution < -0.4 is 14.4 Å². The van der Waals surface area contributed by atoms with E-state index in [1.54, 1.807) is 56.7 Å². The Morgan fingerprint density at radius 1 is 1.00 bits per heavy atom. The highest BCUT2D eigenvalue weighted by Crippen LogP contribution is 2.45. The SMILES string of the molecule is COc1ccc(CN2C(=O)C(O)(CC(=O)c3ccc(C)cc3)c3cc(Br)ccc32)cc1OC. The number of anilines is 1. The van der Waals surface area contributed by atoms with E-state index in [1.807, 2.05) is 25.1 Å². The number of halogens is 1. The number of methoxy groups -OCH3 is 2. The van der Waals surface area contributed by atoms with Gasteiger partial charge in [0.2, 0.25) is 0 Å². The van der Waals surface area contributed by atoms with Gasteiger partial charge in [0.05, 0.1) is 32.9 Å². The maximum absolute atomic E-state index is 13.6. The molecule has 33 heavy (non-hydrogen) atoms. The lowest BCUT2D eigenvalue weighted by Crippen LogP contribution is -2.41. The summed E-state index contributed by atoms with van der Waals surface area (Å²) in [6.45, 7) is 2.14. The van der Waals surface area contributed by atoms with E-state index in [-0.39, 0.29) is 18.7 Å². The Morgan fingerprint density at radius 3 is 2.36 bits per heavy atom. The molecule has 0 radical (unpaired) electrons. The molecule has 7 heteroatoms. The second-order valence-corrected chi connectivity index (χ2v) is 8.98. The van der Waals surface area contributed by atoms with Gasteiger partial charge in [-0.3, -0.25) is 9.59 Å². The molecule has 3 aromatic carbocycles. The maximum atomic E-state index is 13.6. The highest BCUT2D eigenvalue weighted by molar-refractivity contribution is 9.10. The molecule has 0 saturated heterocycles. The second kappa shape index (κ2) is 9.00. The van der Waals surface area contributed by atoms with E-state index in [0.29, 0.717) is 32.8 Å². The molecular formula is C26H24BrNO5. The summed E-state index contributed by atoms with van der Waals surface area (Å²) in [4.78, 5) is 28.1. The first-order valence-electron chi connectivity index (χ1n) is 10.4. The number of aliphatic hydroxyl groups is 1. The Hall–Kier alpha value is -3.16. The van der Waals surface area contributed by atoms with Crippen LogP contribution in [0.15, 0.2) is 65.1 Å². The van der Waals surface area contributed by atoms with Gasteiger partial charge in [0, 0.05) is 15.6 Å². The van der Waals surface area contributed by atoms with E-state index in [0.717, 1.165) is 11.1 Å². The lowest BCUT2D eigenvalue weighted by atomic mass is 9.88. The highest BCUT2D eigenvalue weighted by Gasteiger charge is 2.51. The van der Waals surface area contributed by atoms with E-state index in [1.165, 1.54) is 4.90 Å². The van der Waals surface area contributed by atoms with Crippen molar-refractivity contribution in [2.45, 2.75) is 25.5 Å². The molecule has 1 aliphatic heterocycles. The van der Waals surface area contributed by atoms with Crippen LogP contribution in [-0.2, 0) is 16.9 Å². The second-order valence-electron chi connectivity index (χ2n) is 8.07. The van der Waals surface area contributed by atoms with Crippen molar-refractivity contribution in [3.63, 3.8) is 0 Å². The van der Waals surface area contributed by atoms with Crippen LogP contribution in [0.5, 0.6) is 11.5 Å². The van der Waals surface area contributed by atoms with Gasteiger partial charge in [-0.25, -0.2) is 0 Å². The maximum Gasteiger partial charge on any atom is 0.264 e. The van der Waals surface area contributed by atoms with Crippen molar-refractivity contribution in [2.24, 2.45) is 0 Å². The van der Waals surface area contributed by atoms with Crippen LogP contribution in [0.25, 0.3) is 0 Å². The largest absolute Gasteiger partial charge is 0.493 e. The fourth-order valence-electron chi connectivity index (χ4n) is 4.09. The van der Waals surface area contributed by atoms with Crippen LogP contribution in [0.4, 0.5) is 5.69 Å². The molecule has 0 aromatic heterocycles. The number of carbonyl (C=O) groups is 2. The zero-order valence-electron chi connectivity index (χ0n) is 18.6. The van der Waals surface area contributed by atoms with Gasteiger partial charge in [0.1, 0.15) is 0 Å². The van der Waals surface area contributed by atoms with Gasteiger partial charge in [0.25, 0.3) is 5.91 Å². The summed E-state index contributed by atoms with van der Waals surface area (Å²) >= 11 is 3.42. The Kier molecular flexibility index (Phi) is 6.28. The average Bonchev–Trinajstić information content (AvgIpc) is 3.00. The van der Waals surface area contributed by atoms with E-state index in [2.05, 4.69) is 15.9 Å². The summed E-state index contributed by atoms with van der Waals surface area (Å²) in [5.41, 5.74) is 1.29. The van der Waals surface area contributed by atoms with Crippen LogP contribution in [0.1, 0.15) is 33.5 Å². The molecule has 6 nitrogen and oxygen atoms in total. The standard InChI is InChI=1S/C26H24BrNO5/c1-16-4-7-18(8-5-16)22(29)14-26(31)20-13-19(27)9-10-21(20)28(25(26)30)15-17-6-11-23(32-2)24(12-17)33-3/h4-13,31H,14-15H2,1-3H3. The van der Waals surface area contributed by atoms with Gasteiger partial charge in [0.15, 0.2) is 22.9 Å². The third-order valence-corrected chi connectivity index (χ3v) is 6.37. The number of hydrogen-bond acceptors (Lipinski definition) is 5. The molecule has 1 N–H and O–H groups in total. The minimum absolute atomic E-state index is 0.203. The molecule has 0 fully saturated rings. The molecule has 0 saturated carbocycles. The number of aryl methyl sites for hydroxylation is 1. The molecule has 1 unspecified atom stereocenters. The molecule has 170 valence electrons. The van der Waals surface area contributed by atoms with Gasteiger partial charge in [-0.2, -0.15) is 0 Å². The van der Waals surface area contributed by atoms with E-state index < -0.39 is 11.5 Å². The van der Waals surface area contributed by atoms with E-state index in [9.17, 15) is 14.7 Å². The van der Waals surface area contributed by atoms with Crippen LogP contribution >= 0.6 is 15.9 Å². The minimum Gasteiger partial charge on any atom is -0.493 e. The zero-order chi connectivity index (χ0) is 23.8. The Bertz CT molecular complexity index is 1220. The molecule has 0 spiro atoms. The predicted octanol–water partition coefficient (Wildman–Crippen LogP) is 4.78. The molecular weight excluding hydrogens is 486 g/mol. The van der Waals surface area contributed by atoms with Gasteiger partial charge >= 0.3 is 0 Å². The molecule has 4 rings (SSSR count). The fraction of sp³-hybridized carbons (Fsp3) is 0.231. The summed E-state index contributed by atoms with van der Waals surface area (Å²) in [5, 5.41) is 11.6. The number of ether oxygens (including phenoxy) is 2. The molecule has 0 bridgehead atoms. The minimum atomic E-state index is -1.96. The lowest BCUT2D eigenvalue weighted by molar-refractivity contribution is -0.136. The van der Waals surface area contributed by atoms with Crippen LogP contribution in [-0.4, -0.2) is 31.0 Å². The predicted molar refractivity (Wildman–Crippen MR) is 129 cm³/mol. The van der Waals surface area contributed by atoms with Crippen molar-refractivity contribution in [3.8, 4) is 11.5 Å². The normalized spacial score (nSPS) is 17.1. The van der Waals surface area contributed by atoms with E-state index in [4.69, 9.17) is 9.47 Å². The lowest BCUT2D eigenvalue weighted by Gasteiger charge is -2.23. The molecule has 1 amide bonds. The zero-order valence-corrected chi connectivity index (χ0v) is 20.2. The number of carbonyl (C=O) groups excluding carboxylic acids is 2. The number of hydrogen-bond donors (Lipinski definition) is 1. The number of amides is 1. The first-order valence-corrected chi connectivity index (χ1v) is 11.2. The molecule has 1 atom stereocenters. The number of Topliss-reactive ketones (excluding diaryl/α,β-unsaturated/α-hetero) is 1. The summed E-state index contributed by atoms with van der Waals surface area (Å²) in [7, 11) is 3.10. The molecule has 0 aliphatic carbocycles. The highest BCUT2D eigenvalue weighted by atomic mass is 79.9. The van der Waals surface area contributed by atoms with Crippen molar-refractivity contribution in [2.75, 3.05) is 19.1 Å². The third-order valence-electron chi connectivity index (χ3n) is 5.87. The van der Waals surface area contributed by atoms with Crippen molar-refractivity contribution in [1.82, 2.24) is 0 Å². The van der Waals surface area contributed by atoms with Crippen molar-refractivity contribution in [3.05, 3.63) is 87.4 Å². The number of benzene rings is 3. The van der Waals surface area contributed by atoms with Gasteiger partial charge in [-0.05, 0) is 42.8 Å². The van der Waals surface area contributed by atoms with Crippen molar-refractivity contribution in [1.29, 1.82) is 0 Å². The van der Waals surface area contributed by atoms with E-state index >= 15 is 0 Å². The van der Waals surface area contributed by atoms with Crippen LogP contribution in [0, 0.1) is 6.92 Å². The topological polar surface area (TPSA) is 76.1 Å². The Labute approximate surface area is 200 Å². The summed E-state index contributed by atoms with van der Waals surface area (Å²) < 4.78 is 11.4. The Balaban J connectivity index is 1.69. The Morgan fingerprint density at radius 2 is 1.70 bits per heavy atom. The van der Waals surface area contributed by atoms with Gasteiger partial charge in [-0.15, -0.1) is 0 Å². The number of rotatable bonds is 7. The number of ketones is 1. The third kappa shape index (κ3) is 4.26. The summed E-state index contributed by atoms with van der Waals surface area (Å²) in [5.74, 6) is 0.289. The number of nitrogens with zero attached hydrogens (tertiary/aromatic N) is 1. The first kappa shape index (κ1) is 23.0. The van der Waals surface area contributed by atoms with Crippen LogP contribution in [0.2, 0.25) is 0 Å². The molecule has 3 aromatic rings. The quantitative estimate of drug-likeness (QED) is 0.463. The van der Waals surface area contributed by atoms with Crippen LogP contribution in [0.3, 0.4) is 0 Å². The van der Waals surface area contributed by atoms with Crippen molar-refractivity contribution < 1.29 is 24.2 Å². The molecule has 1 aliphatic rings. The summed E-state index contributed by atoms with van der Waals surface area (Å²) in [6.07, 6.45) is -0.346. The first-order chi connectivity index (χ1) is 15.8. The summed E-state index contributed by atoms with van der Waals surface area (Å²) in [6, 6.07) is 17.8. The molecule has 1 heterocycles. The average molecular weight is 510 g/mol. The van der Waals surface area contributed by atoms with Gasteiger partial charge < -0.3 is 19.5 Å². The van der Waals surface area contributed by atoms with Crippen molar-refractivity contribution >= 4 is 33.3 Å². The smallest absolute Gasteiger partial charge is 0.264 e. The monoisotopic (exact) mass is 509 g/mol. The fourth-order valence-corrected chi connectivity index (χ4v) is 4.45. The van der Waals surface area contributed by atoms with Gasteiger partial charge in [-0.1, -0.05) is 51.8 Å².